The van der Waals surface area contributed by atoms with Crippen LogP contribution in [-0.4, -0.2) is 66.9 Å². The summed E-state index contributed by atoms with van der Waals surface area (Å²) in [4.78, 5) is 25.3. The Kier molecular flexibility index (Phi) is 4.89. The molecule has 0 atom stereocenters. The molecule has 0 unspecified atom stereocenters. The third-order valence-electron chi connectivity index (χ3n) is 4.92. The van der Waals surface area contributed by atoms with Crippen molar-refractivity contribution < 1.29 is 4.79 Å². The van der Waals surface area contributed by atoms with Crippen molar-refractivity contribution in [3.63, 3.8) is 0 Å². The third-order valence-corrected chi connectivity index (χ3v) is 5.82. The van der Waals surface area contributed by atoms with E-state index in [1.807, 2.05) is 52.7 Å². The van der Waals surface area contributed by atoms with E-state index in [0.717, 1.165) is 16.4 Å². The summed E-state index contributed by atoms with van der Waals surface area (Å²) in [5.41, 5.74) is 1.53. The molecule has 1 aliphatic heterocycles. The first-order valence-electron chi connectivity index (χ1n) is 9.52. The van der Waals surface area contributed by atoms with Crippen LogP contribution in [0.15, 0.2) is 60.5 Å². The topological polar surface area (TPSA) is 92.9 Å². The van der Waals surface area contributed by atoms with Gasteiger partial charge in [-0.15, -0.1) is 21.5 Å². The number of benzene rings is 1. The zero-order valence-electron chi connectivity index (χ0n) is 16.0. The second-order valence-electron chi connectivity index (χ2n) is 6.77. The van der Waals surface area contributed by atoms with Gasteiger partial charge in [0.05, 0.1) is 0 Å². The standard InChI is InChI=1S/C20H18N8OS/c29-20(16-12-30-19(23-16)15-4-2-1-3-5-15)27-10-8-26(9-11-27)17-6-7-18(25-24-17)28-14-21-13-22-28/h1-7,12-14H,8-11H2. The van der Waals surface area contributed by atoms with Crippen molar-refractivity contribution in [2.45, 2.75) is 0 Å². The summed E-state index contributed by atoms with van der Waals surface area (Å²) in [6.45, 7) is 2.62. The molecule has 30 heavy (non-hydrogen) atoms. The maximum absolute atomic E-state index is 12.9. The first-order chi connectivity index (χ1) is 14.8. The largest absolute Gasteiger partial charge is 0.352 e. The number of carbonyl (C=O) groups is 1. The van der Waals surface area contributed by atoms with Gasteiger partial charge in [0, 0.05) is 37.1 Å². The first-order valence-corrected chi connectivity index (χ1v) is 10.4. The molecule has 9 nitrogen and oxygen atoms in total. The van der Waals surface area contributed by atoms with Gasteiger partial charge >= 0.3 is 0 Å². The summed E-state index contributed by atoms with van der Waals surface area (Å²) in [5, 5.41) is 15.3. The predicted molar refractivity (Wildman–Crippen MR) is 113 cm³/mol. The molecule has 0 aliphatic carbocycles. The highest BCUT2D eigenvalue weighted by Gasteiger charge is 2.25. The number of nitrogens with zero attached hydrogens (tertiary/aromatic N) is 8. The number of amides is 1. The van der Waals surface area contributed by atoms with Gasteiger partial charge in [0.25, 0.3) is 5.91 Å². The van der Waals surface area contributed by atoms with Crippen LogP contribution >= 0.6 is 11.3 Å². The Labute approximate surface area is 176 Å². The third kappa shape index (κ3) is 3.64. The van der Waals surface area contributed by atoms with E-state index in [2.05, 4.69) is 30.2 Å². The molecular weight excluding hydrogens is 400 g/mol. The highest BCUT2D eigenvalue weighted by molar-refractivity contribution is 7.13. The van der Waals surface area contributed by atoms with Gasteiger partial charge in [-0.1, -0.05) is 30.3 Å². The summed E-state index contributed by atoms with van der Waals surface area (Å²) < 4.78 is 1.56. The van der Waals surface area contributed by atoms with Crippen LogP contribution in [0, 0.1) is 0 Å². The van der Waals surface area contributed by atoms with E-state index in [9.17, 15) is 4.79 Å². The lowest BCUT2D eigenvalue weighted by Crippen LogP contribution is -2.49. The second-order valence-corrected chi connectivity index (χ2v) is 7.63. The highest BCUT2D eigenvalue weighted by atomic mass is 32.1. The average Bonchev–Trinajstić information content (AvgIpc) is 3.52. The molecule has 1 saturated heterocycles. The molecule has 0 saturated carbocycles. The van der Waals surface area contributed by atoms with Crippen molar-refractivity contribution in [2.24, 2.45) is 0 Å². The number of carbonyl (C=O) groups excluding carboxylic acids is 1. The zero-order chi connectivity index (χ0) is 20.3. The van der Waals surface area contributed by atoms with Crippen LogP contribution in [0.2, 0.25) is 0 Å². The lowest BCUT2D eigenvalue weighted by Gasteiger charge is -2.34. The van der Waals surface area contributed by atoms with Gasteiger partial charge in [-0.3, -0.25) is 4.79 Å². The smallest absolute Gasteiger partial charge is 0.273 e. The normalized spacial score (nSPS) is 14.1. The minimum atomic E-state index is -0.0271. The number of aromatic nitrogens is 6. The maximum Gasteiger partial charge on any atom is 0.273 e. The number of anilines is 1. The van der Waals surface area contributed by atoms with Gasteiger partial charge in [0.15, 0.2) is 11.6 Å². The van der Waals surface area contributed by atoms with Crippen LogP contribution < -0.4 is 4.90 Å². The van der Waals surface area contributed by atoms with E-state index in [1.54, 1.807) is 11.0 Å². The summed E-state index contributed by atoms with van der Waals surface area (Å²) >= 11 is 1.49. The van der Waals surface area contributed by atoms with Gasteiger partial charge < -0.3 is 9.80 Å². The monoisotopic (exact) mass is 418 g/mol. The molecule has 10 heteroatoms. The number of piperazine rings is 1. The lowest BCUT2D eigenvalue weighted by molar-refractivity contribution is 0.0741. The number of hydrogen-bond acceptors (Lipinski definition) is 8. The van der Waals surface area contributed by atoms with Gasteiger partial charge in [-0.25, -0.2) is 14.6 Å². The number of rotatable bonds is 4. The predicted octanol–water partition coefficient (Wildman–Crippen LogP) is 2.14. The Hall–Kier alpha value is -3.66. The van der Waals surface area contributed by atoms with Crippen molar-refractivity contribution in [1.82, 2.24) is 34.8 Å². The van der Waals surface area contributed by atoms with Gasteiger partial charge in [-0.05, 0) is 12.1 Å². The molecule has 1 fully saturated rings. The Bertz CT molecular complexity index is 1120. The molecule has 1 aromatic carbocycles. The molecule has 0 bridgehead atoms. The Morgan fingerprint density at radius 3 is 2.40 bits per heavy atom. The van der Waals surface area contributed by atoms with Gasteiger partial charge in [-0.2, -0.15) is 5.10 Å². The Morgan fingerprint density at radius 2 is 1.70 bits per heavy atom. The fraction of sp³-hybridized carbons (Fsp3) is 0.200. The van der Waals surface area contributed by atoms with Crippen LogP contribution in [0.4, 0.5) is 5.82 Å². The molecule has 1 aliphatic rings. The van der Waals surface area contributed by atoms with Gasteiger partial charge in [0.1, 0.15) is 23.4 Å². The molecule has 0 spiro atoms. The summed E-state index contributed by atoms with van der Waals surface area (Å²) in [5.74, 6) is 1.37. The van der Waals surface area contributed by atoms with E-state index >= 15 is 0 Å². The van der Waals surface area contributed by atoms with Crippen molar-refractivity contribution in [1.29, 1.82) is 0 Å². The molecule has 3 aromatic heterocycles. The molecule has 150 valence electrons. The fourth-order valence-electron chi connectivity index (χ4n) is 3.32. The Morgan fingerprint density at radius 1 is 0.933 bits per heavy atom. The van der Waals surface area contributed by atoms with E-state index in [-0.39, 0.29) is 5.91 Å². The Balaban J connectivity index is 1.22. The number of hydrogen-bond donors (Lipinski definition) is 0. The van der Waals surface area contributed by atoms with Crippen LogP contribution in [0.3, 0.4) is 0 Å². The highest BCUT2D eigenvalue weighted by Crippen LogP contribution is 2.24. The minimum Gasteiger partial charge on any atom is -0.352 e. The molecule has 1 amide bonds. The molecule has 4 heterocycles. The molecule has 0 radical (unpaired) electrons. The number of thiazole rings is 1. The van der Waals surface area contributed by atoms with Crippen molar-refractivity contribution in [3.05, 3.63) is 66.2 Å². The maximum atomic E-state index is 12.9. The summed E-state index contributed by atoms with van der Waals surface area (Å²) in [6, 6.07) is 13.7. The molecule has 5 rings (SSSR count). The van der Waals surface area contributed by atoms with Gasteiger partial charge in [0.2, 0.25) is 0 Å². The lowest BCUT2D eigenvalue weighted by atomic mass is 10.2. The van der Waals surface area contributed by atoms with E-state index in [1.165, 1.54) is 17.7 Å². The van der Waals surface area contributed by atoms with E-state index in [0.29, 0.717) is 37.7 Å². The van der Waals surface area contributed by atoms with Crippen molar-refractivity contribution in [2.75, 3.05) is 31.1 Å². The zero-order valence-corrected chi connectivity index (χ0v) is 16.8. The fourth-order valence-corrected chi connectivity index (χ4v) is 4.12. The van der Waals surface area contributed by atoms with E-state index < -0.39 is 0 Å². The quantitative estimate of drug-likeness (QED) is 0.501. The van der Waals surface area contributed by atoms with Crippen molar-refractivity contribution >= 4 is 23.1 Å². The molecule has 4 aromatic rings. The molecule has 0 N–H and O–H groups in total. The first kappa shape index (κ1) is 18.4. The van der Waals surface area contributed by atoms with Crippen LogP contribution in [-0.2, 0) is 0 Å². The summed E-state index contributed by atoms with van der Waals surface area (Å²) in [6.07, 6.45) is 3.03. The molecular formula is C20H18N8OS. The summed E-state index contributed by atoms with van der Waals surface area (Å²) in [7, 11) is 0. The second kappa shape index (κ2) is 7.99. The van der Waals surface area contributed by atoms with Crippen LogP contribution in [0.1, 0.15) is 10.5 Å². The van der Waals surface area contributed by atoms with Crippen LogP contribution in [0.5, 0.6) is 0 Å². The average molecular weight is 418 g/mol. The van der Waals surface area contributed by atoms with E-state index in [4.69, 9.17) is 0 Å². The minimum absolute atomic E-state index is 0.0271. The van der Waals surface area contributed by atoms with Crippen LogP contribution in [0.25, 0.3) is 16.4 Å². The van der Waals surface area contributed by atoms with Crippen molar-refractivity contribution in [3.8, 4) is 16.4 Å². The SMILES string of the molecule is O=C(c1csc(-c2ccccc2)n1)N1CCN(c2ccc(-n3cncn3)nn2)CC1.